The van der Waals surface area contributed by atoms with Crippen molar-refractivity contribution in [2.45, 2.75) is 39.2 Å². The second-order valence-corrected chi connectivity index (χ2v) is 7.77. The van der Waals surface area contributed by atoms with Crippen LogP contribution in [0.3, 0.4) is 0 Å². The van der Waals surface area contributed by atoms with Crippen LogP contribution in [0.15, 0.2) is 48.5 Å². The van der Waals surface area contributed by atoms with Crippen molar-refractivity contribution < 1.29 is 9.59 Å². The van der Waals surface area contributed by atoms with E-state index in [2.05, 4.69) is 19.2 Å². The molecule has 1 atom stereocenters. The topological polar surface area (TPSA) is 49.4 Å². The molecule has 0 aromatic heterocycles. The maximum atomic E-state index is 12.6. The molecule has 1 heterocycles. The van der Waals surface area contributed by atoms with Gasteiger partial charge in [0.05, 0.1) is 12.5 Å². The van der Waals surface area contributed by atoms with E-state index in [9.17, 15) is 9.59 Å². The van der Waals surface area contributed by atoms with E-state index in [1.54, 1.807) is 4.90 Å². The molecule has 2 amide bonds. The highest BCUT2D eigenvalue weighted by Gasteiger charge is 2.22. The van der Waals surface area contributed by atoms with Crippen molar-refractivity contribution in [2.75, 3.05) is 11.4 Å². The fourth-order valence-corrected chi connectivity index (χ4v) is 3.56. The van der Waals surface area contributed by atoms with Gasteiger partial charge < -0.3 is 10.2 Å². The summed E-state index contributed by atoms with van der Waals surface area (Å²) in [4.78, 5) is 26.2. The summed E-state index contributed by atoms with van der Waals surface area (Å²) >= 11 is 5.97. The fraction of sp³-hybridized carbons (Fsp3) is 0.364. The molecule has 0 bridgehead atoms. The van der Waals surface area contributed by atoms with Gasteiger partial charge in [0.15, 0.2) is 0 Å². The van der Waals surface area contributed by atoms with Crippen LogP contribution >= 0.6 is 11.6 Å². The molecule has 1 saturated heterocycles. The molecule has 2 aromatic rings. The van der Waals surface area contributed by atoms with Crippen molar-refractivity contribution in [2.24, 2.45) is 5.92 Å². The molecule has 142 valence electrons. The first-order valence-electron chi connectivity index (χ1n) is 9.38. The van der Waals surface area contributed by atoms with Crippen molar-refractivity contribution in [3.63, 3.8) is 0 Å². The minimum absolute atomic E-state index is 0.0198. The van der Waals surface area contributed by atoms with Crippen LogP contribution in [0.1, 0.15) is 43.9 Å². The van der Waals surface area contributed by atoms with Gasteiger partial charge in [-0.2, -0.15) is 0 Å². The van der Waals surface area contributed by atoms with Crippen LogP contribution in [0.2, 0.25) is 5.02 Å². The van der Waals surface area contributed by atoms with Gasteiger partial charge in [0.25, 0.3) is 0 Å². The molecule has 1 fully saturated rings. The lowest BCUT2D eigenvalue weighted by Crippen LogP contribution is -2.32. The minimum atomic E-state index is -0.0590. The summed E-state index contributed by atoms with van der Waals surface area (Å²) < 4.78 is 0. The van der Waals surface area contributed by atoms with Crippen LogP contribution in [0, 0.1) is 5.92 Å². The molecule has 3 rings (SSSR count). The highest BCUT2D eigenvalue weighted by molar-refractivity contribution is 6.30. The monoisotopic (exact) mass is 384 g/mol. The lowest BCUT2D eigenvalue weighted by atomic mass is 9.95. The first-order chi connectivity index (χ1) is 12.9. The van der Waals surface area contributed by atoms with E-state index in [1.165, 1.54) is 0 Å². The summed E-state index contributed by atoms with van der Waals surface area (Å²) in [6, 6.07) is 15.2. The predicted molar refractivity (Wildman–Crippen MR) is 109 cm³/mol. The largest absolute Gasteiger partial charge is 0.349 e. The molecule has 0 saturated carbocycles. The van der Waals surface area contributed by atoms with Gasteiger partial charge in [0, 0.05) is 23.7 Å². The van der Waals surface area contributed by atoms with Crippen molar-refractivity contribution in [1.82, 2.24) is 5.32 Å². The number of nitrogens with zero attached hydrogens (tertiary/aromatic N) is 1. The van der Waals surface area contributed by atoms with E-state index in [0.717, 1.165) is 29.8 Å². The Bertz CT molecular complexity index is 800. The predicted octanol–water partition coefficient (Wildman–Crippen LogP) is 4.52. The molecular formula is C22H25ClN2O2. The van der Waals surface area contributed by atoms with Crippen LogP contribution in [0.5, 0.6) is 0 Å². The first kappa shape index (κ1) is 19.4. The number of benzene rings is 2. The smallest absolute Gasteiger partial charge is 0.227 e. The first-order valence-corrected chi connectivity index (χ1v) is 9.76. The Labute approximate surface area is 165 Å². The average molecular weight is 385 g/mol. The molecule has 27 heavy (non-hydrogen) atoms. The van der Waals surface area contributed by atoms with E-state index in [4.69, 9.17) is 11.6 Å². The number of amides is 2. The van der Waals surface area contributed by atoms with Gasteiger partial charge in [0.1, 0.15) is 0 Å². The highest BCUT2D eigenvalue weighted by atomic mass is 35.5. The Balaban J connectivity index is 1.63. The molecule has 0 spiro atoms. The minimum Gasteiger partial charge on any atom is -0.349 e. The number of carbonyl (C=O) groups excluding carboxylic acids is 2. The molecule has 1 N–H and O–H groups in total. The number of hydrogen-bond acceptors (Lipinski definition) is 2. The fourth-order valence-electron chi connectivity index (χ4n) is 3.43. The second-order valence-electron chi connectivity index (χ2n) is 7.33. The number of carbonyl (C=O) groups is 2. The van der Waals surface area contributed by atoms with Crippen LogP contribution < -0.4 is 10.2 Å². The molecule has 1 unspecified atom stereocenters. The second kappa shape index (κ2) is 8.57. The van der Waals surface area contributed by atoms with E-state index in [1.807, 2.05) is 48.5 Å². The third kappa shape index (κ3) is 4.89. The standard InChI is InChI=1S/C22H25ClN2O2/c1-15(2)22(17-7-9-18(23)10-8-17)24-20(26)14-16-5-11-19(12-6-16)25-13-3-4-21(25)27/h5-12,15,22H,3-4,13-14H2,1-2H3,(H,24,26). The molecule has 0 aliphatic carbocycles. The van der Waals surface area contributed by atoms with E-state index in [0.29, 0.717) is 17.9 Å². The molecular weight excluding hydrogens is 360 g/mol. The third-order valence-electron chi connectivity index (χ3n) is 4.90. The molecule has 5 heteroatoms. The van der Waals surface area contributed by atoms with Gasteiger partial charge in [0.2, 0.25) is 11.8 Å². The number of nitrogens with one attached hydrogen (secondary N) is 1. The zero-order valence-electron chi connectivity index (χ0n) is 15.7. The van der Waals surface area contributed by atoms with Crippen LogP contribution in [-0.4, -0.2) is 18.4 Å². The lowest BCUT2D eigenvalue weighted by molar-refractivity contribution is -0.121. The normalized spacial score (nSPS) is 15.3. The summed E-state index contributed by atoms with van der Waals surface area (Å²) in [5.74, 6) is 0.413. The summed E-state index contributed by atoms with van der Waals surface area (Å²) in [7, 11) is 0. The Hall–Kier alpha value is -2.33. The van der Waals surface area contributed by atoms with Crippen molar-refractivity contribution in [3.05, 3.63) is 64.7 Å². The lowest BCUT2D eigenvalue weighted by Gasteiger charge is -2.23. The van der Waals surface area contributed by atoms with Crippen LogP contribution in [0.4, 0.5) is 5.69 Å². The van der Waals surface area contributed by atoms with Gasteiger partial charge in [-0.3, -0.25) is 9.59 Å². The Kier molecular flexibility index (Phi) is 6.17. The number of anilines is 1. The van der Waals surface area contributed by atoms with E-state index in [-0.39, 0.29) is 23.8 Å². The van der Waals surface area contributed by atoms with Crippen LogP contribution in [0.25, 0.3) is 0 Å². The van der Waals surface area contributed by atoms with Gasteiger partial charge in [-0.1, -0.05) is 49.7 Å². The van der Waals surface area contributed by atoms with Gasteiger partial charge in [-0.05, 0) is 47.7 Å². The number of rotatable bonds is 6. The van der Waals surface area contributed by atoms with Gasteiger partial charge >= 0.3 is 0 Å². The Morgan fingerprint density at radius 3 is 2.33 bits per heavy atom. The highest BCUT2D eigenvalue weighted by Crippen LogP contribution is 2.24. The Morgan fingerprint density at radius 2 is 1.78 bits per heavy atom. The van der Waals surface area contributed by atoms with Gasteiger partial charge in [-0.25, -0.2) is 0 Å². The molecule has 1 aliphatic heterocycles. The summed E-state index contributed by atoms with van der Waals surface area (Å²) in [5.41, 5.74) is 2.88. The summed E-state index contributed by atoms with van der Waals surface area (Å²) in [6.45, 7) is 4.94. The van der Waals surface area contributed by atoms with Crippen molar-refractivity contribution in [3.8, 4) is 0 Å². The number of hydrogen-bond donors (Lipinski definition) is 1. The quantitative estimate of drug-likeness (QED) is 0.795. The Morgan fingerprint density at radius 1 is 1.11 bits per heavy atom. The average Bonchev–Trinajstić information content (AvgIpc) is 3.07. The van der Waals surface area contributed by atoms with Crippen molar-refractivity contribution in [1.29, 1.82) is 0 Å². The third-order valence-corrected chi connectivity index (χ3v) is 5.15. The maximum absolute atomic E-state index is 12.6. The zero-order chi connectivity index (χ0) is 19.4. The number of halogens is 1. The molecule has 2 aromatic carbocycles. The van der Waals surface area contributed by atoms with E-state index >= 15 is 0 Å². The van der Waals surface area contributed by atoms with E-state index < -0.39 is 0 Å². The summed E-state index contributed by atoms with van der Waals surface area (Å²) in [5, 5.41) is 3.82. The maximum Gasteiger partial charge on any atom is 0.227 e. The zero-order valence-corrected chi connectivity index (χ0v) is 16.5. The SMILES string of the molecule is CC(C)C(NC(=O)Cc1ccc(N2CCCC2=O)cc1)c1ccc(Cl)cc1. The molecule has 1 aliphatic rings. The molecule has 0 radical (unpaired) electrons. The van der Waals surface area contributed by atoms with Crippen LogP contribution in [-0.2, 0) is 16.0 Å². The summed E-state index contributed by atoms with van der Waals surface area (Å²) in [6.07, 6.45) is 1.83. The van der Waals surface area contributed by atoms with Crippen molar-refractivity contribution >= 4 is 29.1 Å². The van der Waals surface area contributed by atoms with Gasteiger partial charge in [-0.15, -0.1) is 0 Å². The molecule has 4 nitrogen and oxygen atoms in total.